The lowest BCUT2D eigenvalue weighted by atomic mass is 10.1. The van der Waals surface area contributed by atoms with E-state index in [0.717, 1.165) is 22.3 Å². The lowest BCUT2D eigenvalue weighted by Gasteiger charge is -2.23. The Morgan fingerprint density at radius 3 is 2.19 bits per heavy atom. The summed E-state index contributed by atoms with van der Waals surface area (Å²) >= 11 is 0. The quantitative estimate of drug-likeness (QED) is 0.349. The van der Waals surface area contributed by atoms with Crippen molar-refractivity contribution in [2.24, 2.45) is 5.10 Å². The van der Waals surface area contributed by atoms with Crippen LogP contribution < -0.4 is 15.0 Å². The summed E-state index contributed by atoms with van der Waals surface area (Å²) in [5, 5.41) is 6.88. The molecule has 3 aromatic rings. The van der Waals surface area contributed by atoms with Crippen LogP contribution in [0.15, 0.2) is 71.8 Å². The fourth-order valence-electron chi connectivity index (χ4n) is 3.50. The molecule has 0 radical (unpaired) electrons. The molecule has 0 aromatic heterocycles. The van der Waals surface area contributed by atoms with Gasteiger partial charge in [-0.3, -0.25) is 13.9 Å². The number of rotatable bonds is 8. The monoisotopic (exact) mass is 506 g/mol. The van der Waals surface area contributed by atoms with Gasteiger partial charge in [-0.2, -0.15) is 5.10 Å². The average molecular weight is 507 g/mol. The minimum absolute atomic E-state index is 0.144. The van der Waals surface area contributed by atoms with Gasteiger partial charge in [0.15, 0.2) is 0 Å². The lowest BCUT2D eigenvalue weighted by Crippen LogP contribution is -2.29. The molecule has 36 heavy (non-hydrogen) atoms. The van der Waals surface area contributed by atoms with Crippen molar-refractivity contribution < 1.29 is 18.0 Å². The SMILES string of the molecule is CC(=O)Nc1cccc(/C(C)=N\NC(=O)c2ccc(CN(c3ccc(C)c(C)c3)S(C)(=O)=O)cc2)c1. The largest absolute Gasteiger partial charge is 0.326 e. The van der Waals surface area contributed by atoms with E-state index < -0.39 is 15.9 Å². The molecule has 188 valence electrons. The first-order valence-electron chi connectivity index (χ1n) is 11.3. The summed E-state index contributed by atoms with van der Waals surface area (Å²) in [4.78, 5) is 23.9. The average Bonchev–Trinajstić information content (AvgIpc) is 2.82. The normalized spacial score (nSPS) is 11.6. The van der Waals surface area contributed by atoms with Gasteiger partial charge < -0.3 is 5.32 Å². The lowest BCUT2D eigenvalue weighted by molar-refractivity contribution is -0.114. The Morgan fingerprint density at radius 1 is 0.889 bits per heavy atom. The summed E-state index contributed by atoms with van der Waals surface area (Å²) in [7, 11) is -3.51. The van der Waals surface area contributed by atoms with Gasteiger partial charge in [-0.25, -0.2) is 13.8 Å². The van der Waals surface area contributed by atoms with Crippen LogP contribution in [0.5, 0.6) is 0 Å². The maximum absolute atomic E-state index is 12.6. The second-order valence-electron chi connectivity index (χ2n) is 8.64. The van der Waals surface area contributed by atoms with Crippen molar-refractivity contribution in [2.45, 2.75) is 34.2 Å². The van der Waals surface area contributed by atoms with E-state index in [-0.39, 0.29) is 12.5 Å². The minimum atomic E-state index is -3.51. The summed E-state index contributed by atoms with van der Waals surface area (Å²) in [5.74, 6) is -0.569. The van der Waals surface area contributed by atoms with Crippen molar-refractivity contribution in [3.8, 4) is 0 Å². The van der Waals surface area contributed by atoms with E-state index in [2.05, 4.69) is 15.8 Å². The molecule has 3 aromatic carbocycles. The number of carbonyl (C=O) groups is 2. The second-order valence-corrected chi connectivity index (χ2v) is 10.5. The zero-order valence-electron chi connectivity index (χ0n) is 21.0. The van der Waals surface area contributed by atoms with Crippen LogP contribution in [0.1, 0.15) is 46.5 Å². The van der Waals surface area contributed by atoms with Gasteiger partial charge in [-0.15, -0.1) is 0 Å². The number of benzene rings is 3. The van der Waals surface area contributed by atoms with E-state index in [4.69, 9.17) is 0 Å². The van der Waals surface area contributed by atoms with E-state index in [9.17, 15) is 18.0 Å². The summed E-state index contributed by atoms with van der Waals surface area (Å²) in [5.41, 5.74) is 8.31. The molecule has 0 bridgehead atoms. The molecule has 0 fully saturated rings. The highest BCUT2D eigenvalue weighted by Crippen LogP contribution is 2.23. The van der Waals surface area contributed by atoms with E-state index in [1.54, 1.807) is 55.5 Å². The maximum Gasteiger partial charge on any atom is 0.271 e. The Bertz CT molecular complexity index is 1410. The highest BCUT2D eigenvalue weighted by atomic mass is 32.2. The summed E-state index contributed by atoms with van der Waals surface area (Å²) in [6.45, 7) is 7.24. The molecule has 0 saturated heterocycles. The Hall–Kier alpha value is -3.98. The first-order chi connectivity index (χ1) is 16.9. The van der Waals surface area contributed by atoms with Crippen LogP contribution in [-0.4, -0.2) is 32.2 Å². The molecule has 0 aliphatic heterocycles. The molecular weight excluding hydrogens is 476 g/mol. The molecule has 2 N–H and O–H groups in total. The summed E-state index contributed by atoms with van der Waals surface area (Å²) < 4.78 is 26.3. The highest BCUT2D eigenvalue weighted by Gasteiger charge is 2.18. The number of amides is 2. The number of aryl methyl sites for hydroxylation is 2. The molecule has 0 saturated carbocycles. The zero-order valence-corrected chi connectivity index (χ0v) is 21.8. The number of anilines is 2. The maximum atomic E-state index is 12.6. The van der Waals surface area contributed by atoms with Gasteiger partial charge in [-0.1, -0.05) is 30.3 Å². The fraction of sp³-hybridized carbons (Fsp3) is 0.222. The van der Waals surface area contributed by atoms with Crippen LogP contribution in [0, 0.1) is 13.8 Å². The van der Waals surface area contributed by atoms with Crippen molar-refractivity contribution >= 4 is 38.9 Å². The smallest absolute Gasteiger partial charge is 0.271 e. The van der Waals surface area contributed by atoms with Gasteiger partial charge in [0.1, 0.15) is 0 Å². The van der Waals surface area contributed by atoms with Crippen molar-refractivity contribution in [1.29, 1.82) is 0 Å². The van der Waals surface area contributed by atoms with Crippen molar-refractivity contribution in [2.75, 3.05) is 15.9 Å². The highest BCUT2D eigenvalue weighted by molar-refractivity contribution is 7.92. The van der Waals surface area contributed by atoms with Crippen LogP contribution in [0.3, 0.4) is 0 Å². The molecule has 2 amide bonds. The molecule has 9 heteroatoms. The van der Waals surface area contributed by atoms with Crippen LogP contribution in [0.25, 0.3) is 0 Å². The Balaban J connectivity index is 1.71. The molecule has 8 nitrogen and oxygen atoms in total. The minimum Gasteiger partial charge on any atom is -0.326 e. The van der Waals surface area contributed by atoms with Crippen LogP contribution in [-0.2, 0) is 21.4 Å². The van der Waals surface area contributed by atoms with E-state index >= 15 is 0 Å². The molecule has 0 atom stereocenters. The van der Waals surface area contributed by atoms with Gasteiger partial charge in [0.2, 0.25) is 15.9 Å². The third-order valence-electron chi connectivity index (χ3n) is 5.65. The fourth-order valence-corrected chi connectivity index (χ4v) is 4.38. The Labute approximate surface area is 212 Å². The molecule has 0 aliphatic rings. The van der Waals surface area contributed by atoms with Crippen LogP contribution >= 0.6 is 0 Å². The van der Waals surface area contributed by atoms with Crippen LogP contribution in [0.2, 0.25) is 0 Å². The van der Waals surface area contributed by atoms with E-state index in [0.29, 0.717) is 22.6 Å². The van der Waals surface area contributed by atoms with E-state index in [1.807, 2.05) is 32.0 Å². The first kappa shape index (κ1) is 26.6. The van der Waals surface area contributed by atoms with Crippen molar-refractivity contribution in [3.05, 3.63) is 94.5 Å². The first-order valence-corrected chi connectivity index (χ1v) is 13.2. The standard InChI is InChI=1S/C27H30N4O4S/c1-18-9-14-26(15-19(18)2)31(36(5,34)35)17-22-10-12-23(13-11-22)27(33)30-29-20(3)24-7-6-8-25(16-24)28-21(4)32/h6-16H,17H2,1-5H3,(H,28,32)(H,30,33)/b29-20-. The number of nitrogens with zero attached hydrogens (tertiary/aromatic N) is 2. The molecule has 3 rings (SSSR count). The number of carbonyl (C=O) groups excluding carboxylic acids is 2. The molecule has 0 heterocycles. The molecular formula is C27H30N4O4S. The number of hydrazone groups is 1. The second kappa shape index (κ2) is 11.2. The summed E-state index contributed by atoms with van der Waals surface area (Å²) in [6.07, 6.45) is 1.18. The van der Waals surface area contributed by atoms with Crippen molar-refractivity contribution in [1.82, 2.24) is 5.43 Å². The van der Waals surface area contributed by atoms with Gasteiger partial charge in [-0.05, 0) is 79.4 Å². The topological polar surface area (TPSA) is 108 Å². The zero-order chi connectivity index (χ0) is 26.5. The van der Waals surface area contributed by atoms with E-state index in [1.165, 1.54) is 17.5 Å². The molecule has 0 unspecified atom stereocenters. The number of nitrogens with one attached hydrogen (secondary N) is 2. The van der Waals surface area contributed by atoms with Gasteiger partial charge in [0, 0.05) is 18.2 Å². The Kier molecular flexibility index (Phi) is 8.26. The third kappa shape index (κ3) is 7.02. The predicted molar refractivity (Wildman–Crippen MR) is 144 cm³/mol. The Morgan fingerprint density at radius 2 is 1.58 bits per heavy atom. The van der Waals surface area contributed by atoms with Crippen LogP contribution in [0.4, 0.5) is 11.4 Å². The van der Waals surface area contributed by atoms with Gasteiger partial charge >= 0.3 is 0 Å². The number of hydrogen-bond donors (Lipinski definition) is 2. The number of sulfonamides is 1. The number of hydrogen-bond acceptors (Lipinski definition) is 5. The third-order valence-corrected chi connectivity index (χ3v) is 6.79. The predicted octanol–water partition coefficient (Wildman–Crippen LogP) is 4.38. The summed E-state index contributed by atoms with van der Waals surface area (Å²) in [6, 6.07) is 19.4. The van der Waals surface area contributed by atoms with Gasteiger partial charge in [0.05, 0.1) is 24.2 Å². The van der Waals surface area contributed by atoms with Gasteiger partial charge in [0.25, 0.3) is 5.91 Å². The van der Waals surface area contributed by atoms with Crippen molar-refractivity contribution in [3.63, 3.8) is 0 Å². The molecule has 0 aliphatic carbocycles. The molecule has 0 spiro atoms.